The second-order valence-electron chi connectivity index (χ2n) is 6.80. The minimum Gasteiger partial charge on any atom is -0.493 e. The average Bonchev–Trinajstić information content (AvgIpc) is 3.21. The number of ether oxygens (including phenoxy) is 3. The molecule has 0 radical (unpaired) electrons. The summed E-state index contributed by atoms with van der Waals surface area (Å²) in [4.78, 5) is 17.6. The lowest BCUT2D eigenvalue weighted by molar-refractivity contribution is 0.102. The maximum absolute atomic E-state index is 12.8. The number of benzene rings is 2. The number of hydrogen-bond donors (Lipinski definition) is 1. The van der Waals surface area contributed by atoms with Crippen molar-refractivity contribution in [3.8, 4) is 17.2 Å². The van der Waals surface area contributed by atoms with Gasteiger partial charge in [-0.05, 0) is 37.0 Å². The molecule has 0 unspecified atom stereocenters. The molecule has 0 saturated heterocycles. The third kappa shape index (κ3) is 3.44. The Balaban J connectivity index is 1.67. The highest BCUT2D eigenvalue weighted by atomic mass is 35.5. The van der Waals surface area contributed by atoms with Gasteiger partial charge >= 0.3 is 0 Å². The van der Waals surface area contributed by atoms with Crippen molar-refractivity contribution in [2.75, 3.05) is 26.6 Å². The molecule has 7 heteroatoms. The van der Waals surface area contributed by atoms with Crippen LogP contribution in [0.1, 0.15) is 28.0 Å². The Morgan fingerprint density at radius 3 is 2.41 bits per heavy atom. The van der Waals surface area contributed by atoms with Gasteiger partial charge in [-0.25, -0.2) is 0 Å². The molecular formula is C22H21ClN2O4. The van der Waals surface area contributed by atoms with E-state index in [9.17, 15) is 4.79 Å². The molecule has 1 amide bonds. The molecule has 0 aliphatic heterocycles. The Morgan fingerprint density at radius 2 is 1.76 bits per heavy atom. The highest BCUT2D eigenvalue weighted by Gasteiger charge is 2.20. The van der Waals surface area contributed by atoms with E-state index >= 15 is 0 Å². The van der Waals surface area contributed by atoms with E-state index < -0.39 is 0 Å². The number of nitrogens with one attached hydrogen (secondary N) is 1. The van der Waals surface area contributed by atoms with Crippen molar-refractivity contribution in [3.63, 3.8) is 0 Å². The second kappa shape index (κ2) is 7.79. The summed E-state index contributed by atoms with van der Waals surface area (Å²) in [5.74, 6) is 1.13. The molecule has 1 aliphatic rings. The molecule has 0 atom stereocenters. The van der Waals surface area contributed by atoms with Gasteiger partial charge in [0.2, 0.25) is 5.75 Å². The summed E-state index contributed by atoms with van der Waals surface area (Å²) in [6.45, 7) is 0. The zero-order chi connectivity index (χ0) is 20.5. The number of fused-ring (bicyclic) bond motifs is 2. The fraction of sp³-hybridized carbons (Fsp3) is 0.273. The number of carbonyl (C=O) groups is 1. The molecule has 0 saturated carbocycles. The van der Waals surface area contributed by atoms with Crippen molar-refractivity contribution < 1.29 is 19.0 Å². The summed E-state index contributed by atoms with van der Waals surface area (Å²) in [6, 6.07) is 8.75. The smallest absolute Gasteiger partial charge is 0.255 e. The number of amides is 1. The van der Waals surface area contributed by atoms with Crippen LogP contribution >= 0.6 is 11.6 Å². The van der Waals surface area contributed by atoms with Crippen LogP contribution in [0.2, 0.25) is 5.02 Å². The molecule has 1 aliphatic carbocycles. The third-order valence-corrected chi connectivity index (χ3v) is 5.56. The summed E-state index contributed by atoms with van der Waals surface area (Å²) in [7, 11) is 4.59. The van der Waals surface area contributed by atoms with Crippen LogP contribution in [0.15, 0.2) is 30.3 Å². The first-order valence-corrected chi connectivity index (χ1v) is 9.66. The van der Waals surface area contributed by atoms with Crippen LogP contribution in [0, 0.1) is 0 Å². The number of aryl methyl sites for hydroxylation is 1. The van der Waals surface area contributed by atoms with Crippen LogP contribution in [0.4, 0.5) is 5.69 Å². The van der Waals surface area contributed by atoms with Gasteiger partial charge < -0.3 is 19.5 Å². The summed E-state index contributed by atoms with van der Waals surface area (Å²) in [5, 5.41) is 4.50. The molecule has 0 spiro atoms. The zero-order valence-electron chi connectivity index (χ0n) is 16.5. The molecule has 0 bridgehead atoms. The normalized spacial score (nSPS) is 12.6. The fourth-order valence-electron chi connectivity index (χ4n) is 3.70. The van der Waals surface area contributed by atoms with Crippen molar-refractivity contribution in [2.45, 2.75) is 19.3 Å². The molecule has 1 aromatic heterocycles. The Hall–Kier alpha value is -2.99. The average molecular weight is 413 g/mol. The standard InChI is InChI=1S/C22H21ClN2O4/c1-27-18-10-13(11-19(28-2)21(18)29-3)24-22(26)12-7-8-15-17(9-12)25-16-6-4-5-14(16)20(15)23/h7-11H,4-6H2,1-3H3,(H,24,26). The first kappa shape index (κ1) is 19.3. The topological polar surface area (TPSA) is 69.7 Å². The molecule has 1 N–H and O–H groups in total. The Labute approximate surface area is 173 Å². The van der Waals surface area contributed by atoms with E-state index in [2.05, 4.69) is 5.32 Å². The van der Waals surface area contributed by atoms with Crippen LogP contribution in [-0.4, -0.2) is 32.2 Å². The molecule has 4 rings (SSSR count). The minimum atomic E-state index is -0.264. The largest absolute Gasteiger partial charge is 0.493 e. The molecular weight excluding hydrogens is 392 g/mol. The van der Waals surface area contributed by atoms with Gasteiger partial charge in [-0.3, -0.25) is 9.78 Å². The number of rotatable bonds is 5. The van der Waals surface area contributed by atoms with Crippen LogP contribution in [0.5, 0.6) is 17.2 Å². The summed E-state index contributed by atoms with van der Waals surface area (Å²) in [6.07, 6.45) is 2.94. The van der Waals surface area contributed by atoms with Crippen LogP contribution in [0.25, 0.3) is 10.9 Å². The first-order chi connectivity index (χ1) is 14.0. The van der Waals surface area contributed by atoms with Crippen LogP contribution < -0.4 is 19.5 Å². The minimum absolute atomic E-state index is 0.264. The molecule has 1 heterocycles. The van der Waals surface area contributed by atoms with E-state index in [1.807, 2.05) is 6.07 Å². The number of carbonyl (C=O) groups excluding carboxylic acids is 1. The van der Waals surface area contributed by atoms with Gasteiger partial charge in [0.25, 0.3) is 5.91 Å². The fourth-order valence-corrected chi connectivity index (χ4v) is 4.07. The number of anilines is 1. The van der Waals surface area contributed by atoms with Gasteiger partial charge in [0.05, 0.1) is 31.9 Å². The van der Waals surface area contributed by atoms with Crippen molar-refractivity contribution in [2.24, 2.45) is 0 Å². The van der Waals surface area contributed by atoms with Gasteiger partial charge in [0.15, 0.2) is 11.5 Å². The van der Waals surface area contributed by atoms with E-state index in [-0.39, 0.29) is 5.91 Å². The highest BCUT2D eigenvalue weighted by Crippen LogP contribution is 2.40. The highest BCUT2D eigenvalue weighted by molar-refractivity contribution is 6.36. The van der Waals surface area contributed by atoms with Gasteiger partial charge in [0.1, 0.15) is 0 Å². The number of pyridine rings is 1. The lowest BCUT2D eigenvalue weighted by atomic mass is 10.1. The number of nitrogens with zero attached hydrogens (tertiary/aromatic N) is 1. The summed E-state index contributed by atoms with van der Waals surface area (Å²) >= 11 is 6.56. The Bertz CT molecular complexity index is 1090. The SMILES string of the molecule is COc1cc(NC(=O)c2ccc3c(Cl)c4c(nc3c2)CCC4)cc(OC)c1OC. The van der Waals surface area contributed by atoms with E-state index in [4.69, 9.17) is 30.8 Å². The predicted molar refractivity (Wildman–Crippen MR) is 113 cm³/mol. The quantitative estimate of drug-likeness (QED) is 0.660. The van der Waals surface area contributed by atoms with Crippen molar-refractivity contribution in [1.29, 1.82) is 0 Å². The second-order valence-corrected chi connectivity index (χ2v) is 7.18. The van der Waals surface area contributed by atoms with Gasteiger partial charge in [-0.15, -0.1) is 0 Å². The van der Waals surface area contributed by atoms with E-state index in [0.717, 1.165) is 46.4 Å². The maximum atomic E-state index is 12.8. The van der Waals surface area contributed by atoms with E-state index in [0.29, 0.717) is 28.5 Å². The van der Waals surface area contributed by atoms with Crippen LogP contribution in [0.3, 0.4) is 0 Å². The first-order valence-electron chi connectivity index (χ1n) is 9.28. The van der Waals surface area contributed by atoms with E-state index in [1.165, 1.54) is 21.3 Å². The van der Waals surface area contributed by atoms with E-state index in [1.54, 1.807) is 24.3 Å². The van der Waals surface area contributed by atoms with Crippen LogP contribution in [-0.2, 0) is 12.8 Å². The number of aromatic nitrogens is 1. The summed E-state index contributed by atoms with van der Waals surface area (Å²) in [5.41, 5.74) is 3.92. The monoisotopic (exact) mass is 412 g/mol. The summed E-state index contributed by atoms with van der Waals surface area (Å²) < 4.78 is 16.0. The maximum Gasteiger partial charge on any atom is 0.255 e. The molecule has 6 nitrogen and oxygen atoms in total. The van der Waals surface area contributed by atoms with Gasteiger partial charge in [-0.2, -0.15) is 0 Å². The van der Waals surface area contributed by atoms with Gasteiger partial charge in [-0.1, -0.05) is 17.7 Å². The molecule has 29 heavy (non-hydrogen) atoms. The van der Waals surface area contributed by atoms with Crippen molar-refractivity contribution in [1.82, 2.24) is 4.98 Å². The predicted octanol–water partition coefficient (Wildman–Crippen LogP) is 4.66. The Kier molecular flexibility index (Phi) is 5.20. The van der Waals surface area contributed by atoms with Gasteiger partial charge in [0, 0.05) is 34.5 Å². The molecule has 150 valence electrons. The van der Waals surface area contributed by atoms with Crippen molar-refractivity contribution in [3.05, 3.63) is 52.2 Å². The number of methoxy groups -OCH3 is 3. The zero-order valence-corrected chi connectivity index (χ0v) is 17.2. The molecule has 0 fully saturated rings. The van der Waals surface area contributed by atoms with Crippen molar-refractivity contribution >= 4 is 34.1 Å². The third-order valence-electron chi connectivity index (χ3n) is 5.13. The molecule has 2 aromatic carbocycles. The number of halogens is 1. The lowest BCUT2D eigenvalue weighted by Crippen LogP contribution is -2.12. The number of hydrogen-bond acceptors (Lipinski definition) is 5. The lowest BCUT2D eigenvalue weighted by Gasteiger charge is -2.15. The Morgan fingerprint density at radius 1 is 1.03 bits per heavy atom. The molecule has 3 aromatic rings.